The van der Waals surface area contributed by atoms with Crippen molar-refractivity contribution in [2.75, 3.05) is 11.5 Å². The molecule has 0 unspecified atom stereocenters. The van der Waals surface area contributed by atoms with Gasteiger partial charge in [0.25, 0.3) is 5.91 Å². The van der Waals surface area contributed by atoms with E-state index in [-0.39, 0.29) is 35.5 Å². The average molecular weight is 373 g/mol. The fraction of sp³-hybridized carbons (Fsp3) is 0.350. The second kappa shape index (κ2) is 8.01. The van der Waals surface area contributed by atoms with Gasteiger partial charge in [0.05, 0.1) is 11.5 Å². The zero-order valence-corrected chi connectivity index (χ0v) is 15.7. The van der Waals surface area contributed by atoms with Gasteiger partial charge in [-0.2, -0.15) is 0 Å². The van der Waals surface area contributed by atoms with Crippen molar-refractivity contribution in [3.63, 3.8) is 0 Å². The van der Waals surface area contributed by atoms with Crippen molar-refractivity contribution in [1.82, 2.24) is 5.32 Å². The maximum atomic E-state index is 12.6. The molecule has 1 saturated heterocycles. The van der Waals surface area contributed by atoms with Crippen molar-refractivity contribution in [3.05, 3.63) is 71.8 Å². The van der Waals surface area contributed by atoms with Gasteiger partial charge in [-0.3, -0.25) is 4.79 Å². The van der Waals surface area contributed by atoms with Crippen LogP contribution >= 0.6 is 0 Å². The van der Waals surface area contributed by atoms with Crippen LogP contribution in [-0.4, -0.2) is 37.9 Å². The lowest BCUT2D eigenvalue weighted by molar-refractivity contribution is -0.704. The molecule has 138 valence electrons. The Morgan fingerprint density at radius 1 is 1.04 bits per heavy atom. The van der Waals surface area contributed by atoms with E-state index in [0.29, 0.717) is 6.42 Å². The minimum absolute atomic E-state index is 0.00506. The van der Waals surface area contributed by atoms with Crippen LogP contribution in [-0.2, 0) is 14.6 Å². The molecule has 3 N–H and O–H groups in total. The molecule has 3 rings (SSSR count). The molecule has 1 aliphatic rings. The molecule has 1 fully saturated rings. The number of carbonyl (C=O) groups excluding carboxylic acids is 1. The summed E-state index contributed by atoms with van der Waals surface area (Å²) in [5, 5.41) is 4.92. The first kappa shape index (κ1) is 18.6. The molecule has 26 heavy (non-hydrogen) atoms. The quantitative estimate of drug-likeness (QED) is 0.794. The number of quaternary nitrogens is 1. The van der Waals surface area contributed by atoms with E-state index in [0.717, 1.165) is 11.1 Å². The highest BCUT2D eigenvalue weighted by atomic mass is 32.2. The lowest BCUT2D eigenvalue weighted by Crippen LogP contribution is -2.93. The smallest absolute Gasteiger partial charge is 0.278 e. The summed E-state index contributed by atoms with van der Waals surface area (Å²) in [6, 6.07) is 19.6. The fourth-order valence-electron chi connectivity index (χ4n) is 3.35. The van der Waals surface area contributed by atoms with Crippen LogP contribution in [0, 0.1) is 0 Å². The molecular weight excluding hydrogens is 348 g/mol. The Morgan fingerprint density at radius 3 is 2.04 bits per heavy atom. The number of nitrogens with two attached hydrogens (primary N) is 1. The maximum absolute atomic E-state index is 12.6. The largest absolute Gasteiger partial charge is 0.347 e. The van der Waals surface area contributed by atoms with E-state index < -0.39 is 9.84 Å². The van der Waals surface area contributed by atoms with E-state index in [1.807, 2.05) is 48.6 Å². The molecule has 5 nitrogen and oxygen atoms in total. The highest BCUT2D eigenvalue weighted by Crippen LogP contribution is 2.18. The lowest BCUT2D eigenvalue weighted by atomic mass is 9.98. The van der Waals surface area contributed by atoms with Gasteiger partial charge >= 0.3 is 0 Å². The molecule has 0 aliphatic carbocycles. The lowest BCUT2D eigenvalue weighted by Gasteiger charge is -2.21. The second-order valence-corrected chi connectivity index (χ2v) is 9.12. The van der Waals surface area contributed by atoms with Crippen LogP contribution in [0.15, 0.2) is 60.7 Å². The van der Waals surface area contributed by atoms with Gasteiger partial charge in [-0.15, -0.1) is 0 Å². The number of carbonyl (C=O) groups is 1. The molecule has 6 heteroatoms. The van der Waals surface area contributed by atoms with Crippen molar-refractivity contribution < 1.29 is 18.5 Å². The van der Waals surface area contributed by atoms with Crippen LogP contribution in [0.4, 0.5) is 0 Å². The summed E-state index contributed by atoms with van der Waals surface area (Å²) >= 11 is 0. The predicted octanol–water partition coefficient (Wildman–Crippen LogP) is 1.03. The zero-order valence-electron chi connectivity index (χ0n) is 14.8. The van der Waals surface area contributed by atoms with Crippen LogP contribution in [0.1, 0.15) is 30.5 Å². The fourth-order valence-corrected chi connectivity index (χ4v) is 5.03. The van der Waals surface area contributed by atoms with Crippen molar-refractivity contribution in [3.8, 4) is 0 Å². The molecule has 2 aromatic carbocycles. The number of hydrogen-bond acceptors (Lipinski definition) is 3. The highest BCUT2D eigenvalue weighted by Gasteiger charge is 2.31. The Bertz CT molecular complexity index is 798. The first-order valence-electron chi connectivity index (χ1n) is 8.90. The van der Waals surface area contributed by atoms with E-state index >= 15 is 0 Å². The summed E-state index contributed by atoms with van der Waals surface area (Å²) in [4.78, 5) is 12.6. The van der Waals surface area contributed by atoms with Gasteiger partial charge < -0.3 is 10.6 Å². The summed E-state index contributed by atoms with van der Waals surface area (Å²) in [5.74, 6) is 0.0860. The summed E-state index contributed by atoms with van der Waals surface area (Å²) in [7, 11) is -3.00. The number of rotatable bonds is 6. The van der Waals surface area contributed by atoms with Crippen LogP contribution in [0.2, 0.25) is 0 Å². The zero-order chi connectivity index (χ0) is 18.6. The summed E-state index contributed by atoms with van der Waals surface area (Å²) in [6.45, 7) is 1.86. The number of amides is 1. The molecule has 0 radical (unpaired) electrons. The Labute approximate surface area is 154 Å². The summed E-state index contributed by atoms with van der Waals surface area (Å²) < 4.78 is 23.2. The first-order chi connectivity index (χ1) is 12.4. The molecule has 1 amide bonds. The monoisotopic (exact) mass is 373 g/mol. The van der Waals surface area contributed by atoms with E-state index in [1.54, 1.807) is 0 Å². The van der Waals surface area contributed by atoms with Crippen molar-refractivity contribution in [2.45, 2.75) is 31.5 Å². The molecular formula is C20H25N2O3S+. The Hall–Kier alpha value is -2.18. The van der Waals surface area contributed by atoms with Crippen LogP contribution in [0.3, 0.4) is 0 Å². The molecule has 2 aromatic rings. The first-order valence-corrected chi connectivity index (χ1v) is 10.7. The van der Waals surface area contributed by atoms with Crippen molar-refractivity contribution >= 4 is 15.7 Å². The summed E-state index contributed by atoms with van der Waals surface area (Å²) in [6.07, 6.45) is 0.502. The van der Waals surface area contributed by atoms with Crippen LogP contribution in [0.5, 0.6) is 0 Å². The molecule has 0 bridgehead atoms. The van der Waals surface area contributed by atoms with Gasteiger partial charge in [0.1, 0.15) is 6.04 Å². The van der Waals surface area contributed by atoms with E-state index in [2.05, 4.69) is 29.6 Å². The normalized spacial score (nSPS) is 20.0. The number of hydrogen-bond donors (Lipinski definition) is 2. The van der Waals surface area contributed by atoms with Crippen LogP contribution in [0.25, 0.3) is 0 Å². The molecule has 0 spiro atoms. The topological polar surface area (TPSA) is 79.8 Å². The predicted molar refractivity (Wildman–Crippen MR) is 101 cm³/mol. The minimum Gasteiger partial charge on any atom is -0.347 e. The highest BCUT2D eigenvalue weighted by molar-refractivity contribution is 7.91. The molecule has 0 saturated carbocycles. The van der Waals surface area contributed by atoms with Crippen LogP contribution < -0.4 is 10.6 Å². The van der Waals surface area contributed by atoms with E-state index in [1.165, 1.54) is 0 Å². The number of sulfone groups is 1. The van der Waals surface area contributed by atoms with Gasteiger partial charge in [0, 0.05) is 17.2 Å². The SMILES string of the molecule is C[C@H]([NH2+]C(c1ccccc1)c1ccccc1)C(=O)N[C@@H]1CCS(=O)(=O)C1. The summed E-state index contributed by atoms with van der Waals surface area (Å²) in [5.41, 5.74) is 2.25. The Morgan fingerprint density at radius 2 is 1.58 bits per heavy atom. The Balaban J connectivity index is 1.71. The van der Waals surface area contributed by atoms with Gasteiger partial charge in [-0.05, 0) is 13.3 Å². The van der Waals surface area contributed by atoms with Gasteiger partial charge in [-0.25, -0.2) is 8.42 Å². The number of benzene rings is 2. The third kappa shape index (κ3) is 4.71. The van der Waals surface area contributed by atoms with Gasteiger partial charge in [0.15, 0.2) is 15.9 Å². The average Bonchev–Trinajstić information content (AvgIpc) is 2.99. The standard InChI is InChI=1S/C20H24N2O3S/c1-15(20(23)22-18-12-13-26(24,25)14-18)21-19(16-8-4-2-5-9-16)17-10-6-3-7-11-17/h2-11,15,18-19,21H,12-14H2,1H3,(H,22,23)/p+1/t15-,18+/m0/s1. The van der Waals surface area contributed by atoms with E-state index in [9.17, 15) is 13.2 Å². The number of nitrogens with one attached hydrogen (secondary N) is 1. The molecule has 0 aromatic heterocycles. The van der Waals surface area contributed by atoms with Gasteiger partial charge in [0.2, 0.25) is 0 Å². The second-order valence-electron chi connectivity index (χ2n) is 6.89. The minimum atomic E-state index is -3.00. The molecule has 1 heterocycles. The van der Waals surface area contributed by atoms with Gasteiger partial charge in [-0.1, -0.05) is 60.7 Å². The third-order valence-corrected chi connectivity index (χ3v) is 6.56. The van der Waals surface area contributed by atoms with E-state index in [4.69, 9.17) is 0 Å². The molecule has 1 aliphatic heterocycles. The molecule has 2 atom stereocenters. The maximum Gasteiger partial charge on any atom is 0.278 e. The van der Waals surface area contributed by atoms with Crippen molar-refractivity contribution in [1.29, 1.82) is 0 Å². The van der Waals surface area contributed by atoms with Crippen molar-refractivity contribution in [2.24, 2.45) is 0 Å². The third-order valence-electron chi connectivity index (χ3n) is 4.79. The Kier molecular flexibility index (Phi) is 5.74.